The van der Waals surface area contributed by atoms with Crippen molar-refractivity contribution in [3.05, 3.63) is 24.0 Å². The Morgan fingerprint density at radius 3 is 2.60 bits per heavy atom. The molecule has 0 fully saturated rings. The van der Waals surface area contributed by atoms with Crippen LogP contribution in [-0.4, -0.2) is 29.1 Å². The highest BCUT2D eigenvalue weighted by Gasteiger charge is 2.20. The van der Waals surface area contributed by atoms with Gasteiger partial charge in [0.05, 0.1) is 11.9 Å². The van der Waals surface area contributed by atoms with E-state index in [2.05, 4.69) is 15.6 Å². The van der Waals surface area contributed by atoms with Crippen LogP contribution in [0.15, 0.2) is 18.3 Å². The Balaban J connectivity index is 2.53. The summed E-state index contributed by atoms with van der Waals surface area (Å²) < 4.78 is 5.59. The standard InChI is InChI=1S/C15H25N3O2/c1-6-16-9-12-7-8-13(10-17-12)20-11(2)14(19)18-15(3,4)5/h7-8,10-11,16H,6,9H2,1-5H3,(H,18,19). The van der Waals surface area contributed by atoms with Crippen molar-refractivity contribution in [3.8, 4) is 5.75 Å². The van der Waals surface area contributed by atoms with Crippen molar-refractivity contribution < 1.29 is 9.53 Å². The first-order chi connectivity index (χ1) is 9.31. The fourth-order valence-electron chi connectivity index (χ4n) is 1.57. The molecule has 0 aliphatic carbocycles. The first-order valence-electron chi connectivity index (χ1n) is 6.96. The smallest absolute Gasteiger partial charge is 0.261 e. The average molecular weight is 279 g/mol. The monoisotopic (exact) mass is 279 g/mol. The van der Waals surface area contributed by atoms with E-state index in [0.717, 1.165) is 18.8 Å². The molecule has 1 amide bonds. The molecular formula is C15H25N3O2. The van der Waals surface area contributed by atoms with E-state index in [4.69, 9.17) is 4.74 Å². The Kier molecular flexibility index (Phi) is 5.95. The number of rotatable bonds is 6. The van der Waals surface area contributed by atoms with Gasteiger partial charge in [-0.05, 0) is 46.4 Å². The van der Waals surface area contributed by atoms with Crippen LogP contribution in [0.1, 0.15) is 40.3 Å². The molecule has 0 aliphatic heterocycles. The first kappa shape index (κ1) is 16.4. The number of amides is 1. The maximum absolute atomic E-state index is 11.9. The van der Waals surface area contributed by atoms with Crippen LogP contribution in [0.5, 0.6) is 5.75 Å². The zero-order chi connectivity index (χ0) is 15.2. The number of ether oxygens (including phenoxy) is 1. The molecule has 2 N–H and O–H groups in total. The van der Waals surface area contributed by atoms with Gasteiger partial charge in [-0.25, -0.2) is 0 Å². The van der Waals surface area contributed by atoms with Gasteiger partial charge in [-0.3, -0.25) is 9.78 Å². The molecule has 5 heteroatoms. The molecule has 1 aromatic rings. The Morgan fingerprint density at radius 1 is 1.40 bits per heavy atom. The lowest BCUT2D eigenvalue weighted by molar-refractivity contribution is -0.128. The van der Waals surface area contributed by atoms with Crippen molar-refractivity contribution in [2.75, 3.05) is 6.54 Å². The van der Waals surface area contributed by atoms with Gasteiger partial charge in [-0.2, -0.15) is 0 Å². The van der Waals surface area contributed by atoms with Crippen molar-refractivity contribution in [3.63, 3.8) is 0 Å². The molecule has 1 rings (SSSR count). The number of hydrogen-bond donors (Lipinski definition) is 2. The van der Waals surface area contributed by atoms with E-state index in [0.29, 0.717) is 5.75 Å². The minimum absolute atomic E-state index is 0.130. The second kappa shape index (κ2) is 7.24. The fourth-order valence-corrected chi connectivity index (χ4v) is 1.57. The topological polar surface area (TPSA) is 63.2 Å². The molecule has 0 radical (unpaired) electrons. The van der Waals surface area contributed by atoms with Gasteiger partial charge in [-0.15, -0.1) is 0 Å². The van der Waals surface area contributed by atoms with Crippen molar-refractivity contribution in [1.82, 2.24) is 15.6 Å². The van der Waals surface area contributed by atoms with Crippen LogP contribution in [0, 0.1) is 0 Å². The van der Waals surface area contributed by atoms with Crippen LogP contribution in [0.3, 0.4) is 0 Å². The van der Waals surface area contributed by atoms with Gasteiger partial charge in [0.25, 0.3) is 5.91 Å². The van der Waals surface area contributed by atoms with Gasteiger partial charge < -0.3 is 15.4 Å². The van der Waals surface area contributed by atoms with Gasteiger partial charge in [0.2, 0.25) is 0 Å². The summed E-state index contributed by atoms with van der Waals surface area (Å²) in [5.74, 6) is 0.469. The van der Waals surface area contributed by atoms with Crippen LogP contribution in [0.25, 0.3) is 0 Å². The van der Waals surface area contributed by atoms with Crippen LogP contribution >= 0.6 is 0 Å². The summed E-state index contributed by atoms with van der Waals surface area (Å²) in [4.78, 5) is 16.2. The molecule has 0 aromatic carbocycles. The summed E-state index contributed by atoms with van der Waals surface area (Å²) in [6.45, 7) is 11.2. The first-order valence-corrected chi connectivity index (χ1v) is 6.96. The third-order valence-corrected chi connectivity index (χ3v) is 2.53. The number of carbonyl (C=O) groups is 1. The second-order valence-electron chi connectivity index (χ2n) is 5.76. The average Bonchev–Trinajstić information content (AvgIpc) is 2.36. The number of hydrogen-bond acceptors (Lipinski definition) is 4. The van der Waals surface area contributed by atoms with Gasteiger partial charge >= 0.3 is 0 Å². The molecule has 0 saturated heterocycles. The molecule has 5 nitrogen and oxygen atoms in total. The lowest BCUT2D eigenvalue weighted by Crippen LogP contribution is -2.46. The number of pyridine rings is 1. The normalized spacial score (nSPS) is 12.8. The van der Waals surface area contributed by atoms with Crippen LogP contribution in [0.4, 0.5) is 0 Å². The highest BCUT2D eigenvalue weighted by molar-refractivity contribution is 5.81. The molecule has 1 heterocycles. The molecule has 1 aromatic heterocycles. The molecule has 0 saturated carbocycles. The number of aromatic nitrogens is 1. The second-order valence-corrected chi connectivity index (χ2v) is 5.76. The number of nitrogens with one attached hydrogen (secondary N) is 2. The minimum atomic E-state index is -0.546. The van der Waals surface area contributed by atoms with Crippen LogP contribution in [-0.2, 0) is 11.3 Å². The van der Waals surface area contributed by atoms with Gasteiger partial charge in [0, 0.05) is 12.1 Å². The predicted octanol–water partition coefficient (Wildman–Crippen LogP) is 1.87. The minimum Gasteiger partial charge on any atom is -0.479 e. The van der Waals surface area contributed by atoms with E-state index >= 15 is 0 Å². The Morgan fingerprint density at radius 2 is 2.10 bits per heavy atom. The number of carbonyl (C=O) groups excluding carboxylic acids is 1. The van der Waals surface area contributed by atoms with Gasteiger partial charge in [-0.1, -0.05) is 6.92 Å². The molecular weight excluding hydrogens is 254 g/mol. The van der Waals surface area contributed by atoms with E-state index in [1.165, 1.54) is 0 Å². The zero-order valence-electron chi connectivity index (χ0n) is 13.0. The van der Waals surface area contributed by atoms with Crippen molar-refractivity contribution in [2.24, 2.45) is 0 Å². The number of nitrogens with zero attached hydrogens (tertiary/aromatic N) is 1. The molecule has 0 aliphatic rings. The summed E-state index contributed by atoms with van der Waals surface area (Å²) in [6, 6.07) is 3.73. The SMILES string of the molecule is CCNCc1ccc(OC(C)C(=O)NC(C)(C)C)cn1. The molecule has 112 valence electrons. The highest BCUT2D eigenvalue weighted by Crippen LogP contribution is 2.12. The summed E-state index contributed by atoms with van der Waals surface area (Å²) in [5.41, 5.74) is 0.689. The summed E-state index contributed by atoms with van der Waals surface area (Å²) in [7, 11) is 0. The molecule has 20 heavy (non-hydrogen) atoms. The fraction of sp³-hybridized carbons (Fsp3) is 0.600. The van der Waals surface area contributed by atoms with Gasteiger partial charge in [0.15, 0.2) is 6.10 Å². The third-order valence-electron chi connectivity index (χ3n) is 2.53. The van der Waals surface area contributed by atoms with Crippen molar-refractivity contribution in [1.29, 1.82) is 0 Å². The maximum Gasteiger partial charge on any atom is 0.261 e. The maximum atomic E-state index is 11.9. The lowest BCUT2D eigenvalue weighted by atomic mass is 10.1. The third kappa shape index (κ3) is 6.02. The summed E-state index contributed by atoms with van der Waals surface area (Å²) >= 11 is 0. The van der Waals surface area contributed by atoms with E-state index < -0.39 is 6.10 Å². The molecule has 0 spiro atoms. The molecule has 0 bridgehead atoms. The largest absolute Gasteiger partial charge is 0.479 e. The molecule has 1 atom stereocenters. The van der Waals surface area contributed by atoms with E-state index in [9.17, 15) is 4.79 Å². The Hall–Kier alpha value is -1.62. The quantitative estimate of drug-likeness (QED) is 0.834. The van der Waals surface area contributed by atoms with Crippen molar-refractivity contribution in [2.45, 2.75) is 52.8 Å². The zero-order valence-corrected chi connectivity index (χ0v) is 13.0. The van der Waals surface area contributed by atoms with Gasteiger partial charge in [0.1, 0.15) is 5.75 Å². The highest BCUT2D eigenvalue weighted by atomic mass is 16.5. The van der Waals surface area contributed by atoms with E-state index in [1.807, 2.05) is 39.8 Å². The molecule has 1 unspecified atom stereocenters. The van der Waals surface area contributed by atoms with E-state index in [-0.39, 0.29) is 11.4 Å². The van der Waals surface area contributed by atoms with Crippen LogP contribution < -0.4 is 15.4 Å². The lowest BCUT2D eigenvalue weighted by Gasteiger charge is -2.23. The summed E-state index contributed by atoms with van der Waals surface area (Å²) in [5, 5.41) is 6.09. The predicted molar refractivity (Wildman–Crippen MR) is 79.6 cm³/mol. The summed E-state index contributed by atoms with van der Waals surface area (Å²) in [6.07, 6.45) is 1.10. The van der Waals surface area contributed by atoms with E-state index in [1.54, 1.807) is 13.1 Å². The Bertz CT molecular complexity index is 424. The van der Waals surface area contributed by atoms with Crippen LogP contribution in [0.2, 0.25) is 0 Å². The Labute approximate surface area is 121 Å². The van der Waals surface area contributed by atoms with Crippen molar-refractivity contribution >= 4 is 5.91 Å².